The molecule has 134 valence electrons. The Labute approximate surface area is 155 Å². The number of hydrogen-bond acceptors (Lipinski definition) is 4. The maximum absolute atomic E-state index is 13.1. The van der Waals surface area contributed by atoms with Crippen LogP contribution in [0, 0.1) is 0 Å². The highest BCUT2D eigenvalue weighted by atomic mass is 35.5. The van der Waals surface area contributed by atoms with Gasteiger partial charge >= 0.3 is 6.18 Å². The van der Waals surface area contributed by atoms with E-state index < -0.39 is 17.8 Å². The Morgan fingerprint density at radius 3 is 2.62 bits per heavy atom. The topological polar surface area (TPSA) is 76.2 Å². The van der Waals surface area contributed by atoms with Crippen molar-refractivity contribution >= 4 is 40.5 Å². The first kappa shape index (κ1) is 18.2. The van der Waals surface area contributed by atoms with E-state index in [1.807, 2.05) is 0 Å². The fraction of sp³-hybridized carbons (Fsp3) is 0.0625. The smallest absolute Gasteiger partial charge is 0.369 e. The SMILES string of the molecule is NC(=Nc1nc(-c2cccs2)cc(C(F)(F)F)n1)Nc1cccc(Cl)c1. The molecule has 0 bridgehead atoms. The van der Waals surface area contributed by atoms with Gasteiger partial charge in [0, 0.05) is 10.7 Å². The lowest BCUT2D eigenvalue weighted by atomic mass is 10.3. The van der Waals surface area contributed by atoms with Crippen LogP contribution in [0.4, 0.5) is 24.8 Å². The minimum absolute atomic E-state index is 0.122. The second-order valence-electron chi connectivity index (χ2n) is 5.05. The second-order valence-corrected chi connectivity index (χ2v) is 6.43. The van der Waals surface area contributed by atoms with Crippen LogP contribution in [0.15, 0.2) is 52.8 Å². The van der Waals surface area contributed by atoms with Gasteiger partial charge < -0.3 is 11.1 Å². The normalized spacial score (nSPS) is 12.2. The second kappa shape index (κ2) is 7.30. The number of aromatic nitrogens is 2. The maximum atomic E-state index is 13.1. The van der Waals surface area contributed by atoms with Crippen molar-refractivity contribution in [3.05, 3.63) is 58.6 Å². The van der Waals surface area contributed by atoms with E-state index in [4.69, 9.17) is 17.3 Å². The first-order valence-electron chi connectivity index (χ1n) is 7.18. The molecule has 0 aliphatic heterocycles. The van der Waals surface area contributed by atoms with Crippen LogP contribution in [-0.4, -0.2) is 15.9 Å². The van der Waals surface area contributed by atoms with Crippen LogP contribution in [0.2, 0.25) is 5.02 Å². The minimum atomic E-state index is -4.63. The molecular weight excluding hydrogens is 387 g/mol. The van der Waals surface area contributed by atoms with Crippen LogP contribution in [0.25, 0.3) is 10.6 Å². The molecule has 0 spiro atoms. The van der Waals surface area contributed by atoms with Crippen LogP contribution >= 0.6 is 22.9 Å². The Kier molecular flexibility index (Phi) is 5.10. The van der Waals surface area contributed by atoms with Crippen LogP contribution in [0.5, 0.6) is 0 Å². The first-order valence-corrected chi connectivity index (χ1v) is 8.44. The third kappa shape index (κ3) is 4.50. The van der Waals surface area contributed by atoms with Gasteiger partial charge in [-0.05, 0) is 35.7 Å². The van der Waals surface area contributed by atoms with Gasteiger partial charge in [0.05, 0.1) is 10.6 Å². The molecule has 2 heterocycles. The summed E-state index contributed by atoms with van der Waals surface area (Å²) in [5, 5.41) is 4.94. The lowest BCUT2D eigenvalue weighted by molar-refractivity contribution is -0.141. The summed E-state index contributed by atoms with van der Waals surface area (Å²) >= 11 is 7.13. The molecule has 10 heteroatoms. The molecule has 0 saturated carbocycles. The molecule has 0 fully saturated rings. The highest BCUT2D eigenvalue weighted by Crippen LogP contribution is 2.32. The van der Waals surface area contributed by atoms with Crippen molar-refractivity contribution in [1.82, 2.24) is 9.97 Å². The summed E-state index contributed by atoms with van der Waals surface area (Å²) in [7, 11) is 0. The summed E-state index contributed by atoms with van der Waals surface area (Å²) in [5.74, 6) is -0.557. The molecule has 3 N–H and O–H groups in total. The molecule has 0 saturated heterocycles. The molecule has 3 aromatic rings. The van der Waals surface area contributed by atoms with Crippen molar-refractivity contribution < 1.29 is 13.2 Å². The molecule has 0 amide bonds. The number of aliphatic imine (C=N–C) groups is 1. The van der Waals surface area contributed by atoms with Crippen molar-refractivity contribution in [3.63, 3.8) is 0 Å². The quantitative estimate of drug-likeness (QED) is 0.485. The molecule has 0 atom stereocenters. The maximum Gasteiger partial charge on any atom is 0.433 e. The number of rotatable bonds is 3. The lowest BCUT2D eigenvalue weighted by Gasteiger charge is -2.09. The van der Waals surface area contributed by atoms with Gasteiger partial charge in [0.2, 0.25) is 5.96 Å². The number of nitrogens with one attached hydrogen (secondary N) is 1. The Morgan fingerprint density at radius 1 is 1.15 bits per heavy atom. The Bertz CT molecular complexity index is 941. The fourth-order valence-corrected chi connectivity index (χ4v) is 2.91. The van der Waals surface area contributed by atoms with Crippen LogP contribution in [0.3, 0.4) is 0 Å². The fourth-order valence-electron chi connectivity index (χ4n) is 2.03. The monoisotopic (exact) mass is 397 g/mol. The number of nitrogens with two attached hydrogens (primary N) is 1. The van der Waals surface area contributed by atoms with E-state index in [-0.39, 0.29) is 11.7 Å². The molecular formula is C16H11ClF3N5S. The highest BCUT2D eigenvalue weighted by molar-refractivity contribution is 7.13. The number of nitrogens with zero attached hydrogens (tertiary/aromatic N) is 3. The van der Waals surface area contributed by atoms with Crippen LogP contribution < -0.4 is 11.1 Å². The standard InChI is InChI=1S/C16H11ClF3N5S/c17-9-3-1-4-10(7-9)22-14(21)25-15-23-11(12-5-2-6-26-12)8-13(24-15)16(18,19)20/h1-8H,(H3,21,22,23,24,25). The largest absolute Gasteiger partial charge is 0.433 e. The molecule has 1 aromatic carbocycles. The molecule has 2 aromatic heterocycles. The summed E-state index contributed by atoms with van der Waals surface area (Å²) in [6, 6.07) is 10.9. The number of thiophene rings is 1. The summed E-state index contributed by atoms with van der Waals surface area (Å²) in [5.41, 5.74) is 5.31. The molecule has 0 aliphatic rings. The summed E-state index contributed by atoms with van der Waals surface area (Å²) < 4.78 is 39.4. The highest BCUT2D eigenvalue weighted by Gasteiger charge is 2.34. The third-order valence-corrected chi connectivity index (χ3v) is 4.22. The third-order valence-electron chi connectivity index (χ3n) is 3.10. The van der Waals surface area contributed by atoms with Crippen molar-refractivity contribution in [2.75, 3.05) is 5.32 Å². The van der Waals surface area contributed by atoms with E-state index in [1.165, 1.54) is 11.3 Å². The van der Waals surface area contributed by atoms with Gasteiger partial charge in [-0.3, -0.25) is 0 Å². The summed E-state index contributed by atoms with van der Waals surface area (Å²) in [6.45, 7) is 0. The molecule has 0 radical (unpaired) electrons. The van der Waals surface area contributed by atoms with Gasteiger partial charge in [-0.2, -0.15) is 18.2 Å². The van der Waals surface area contributed by atoms with Crippen molar-refractivity contribution in [2.24, 2.45) is 10.7 Å². The summed E-state index contributed by atoms with van der Waals surface area (Å²) in [6.07, 6.45) is -4.63. The number of guanidine groups is 1. The van der Waals surface area contributed by atoms with Crippen molar-refractivity contribution in [3.8, 4) is 10.6 Å². The van der Waals surface area contributed by atoms with Gasteiger partial charge in [-0.15, -0.1) is 11.3 Å². The van der Waals surface area contributed by atoms with Crippen LogP contribution in [0.1, 0.15) is 5.69 Å². The average molecular weight is 398 g/mol. The van der Waals surface area contributed by atoms with Gasteiger partial charge in [-0.25, -0.2) is 9.97 Å². The number of alkyl halides is 3. The van der Waals surface area contributed by atoms with Crippen LogP contribution in [-0.2, 0) is 6.18 Å². The zero-order valence-corrected chi connectivity index (χ0v) is 14.5. The Hall–Kier alpha value is -2.65. The van der Waals surface area contributed by atoms with Gasteiger partial charge in [0.15, 0.2) is 5.69 Å². The zero-order chi connectivity index (χ0) is 18.7. The molecule has 3 rings (SSSR count). The number of halogens is 4. The summed E-state index contributed by atoms with van der Waals surface area (Å²) in [4.78, 5) is 11.9. The molecule has 0 aliphatic carbocycles. The van der Waals surface area contributed by atoms with E-state index in [2.05, 4.69) is 20.3 Å². The predicted molar refractivity (Wildman–Crippen MR) is 96.7 cm³/mol. The first-order chi connectivity index (χ1) is 12.3. The predicted octanol–water partition coefficient (Wildman–Crippen LogP) is 4.94. The molecule has 5 nitrogen and oxygen atoms in total. The van der Waals surface area contributed by atoms with E-state index in [0.717, 1.165) is 6.07 Å². The van der Waals surface area contributed by atoms with Crippen molar-refractivity contribution in [2.45, 2.75) is 6.18 Å². The minimum Gasteiger partial charge on any atom is -0.369 e. The molecule has 0 unspecified atom stereocenters. The Morgan fingerprint density at radius 2 is 1.96 bits per heavy atom. The zero-order valence-electron chi connectivity index (χ0n) is 13.0. The van der Waals surface area contributed by atoms with Gasteiger partial charge in [-0.1, -0.05) is 23.7 Å². The van der Waals surface area contributed by atoms with Gasteiger partial charge in [0.1, 0.15) is 0 Å². The number of anilines is 1. The lowest BCUT2D eigenvalue weighted by Crippen LogP contribution is -2.22. The number of benzene rings is 1. The van der Waals surface area contributed by atoms with E-state index in [0.29, 0.717) is 15.6 Å². The van der Waals surface area contributed by atoms with E-state index in [9.17, 15) is 13.2 Å². The van der Waals surface area contributed by atoms with Crippen molar-refractivity contribution in [1.29, 1.82) is 0 Å². The van der Waals surface area contributed by atoms with E-state index >= 15 is 0 Å². The van der Waals surface area contributed by atoms with Gasteiger partial charge in [0.25, 0.3) is 5.95 Å². The van der Waals surface area contributed by atoms with E-state index in [1.54, 1.807) is 41.8 Å². The average Bonchev–Trinajstić information content (AvgIpc) is 3.08. The number of hydrogen-bond donors (Lipinski definition) is 2. The Balaban J connectivity index is 1.96. The molecule has 26 heavy (non-hydrogen) atoms.